The van der Waals surface area contributed by atoms with Gasteiger partial charge in [0, 0.05) is 0 Å². The highest BCUT2D eigenvalue weighted by Gasteiger charge is 2.57. The molecule has 2 fully saturated rings. The Morgan fingerprint density at radius 1 is 1.27 bits per heavy atom. The van der Waals surface area contributed by atoms with Gasteiger partial charge >= 0.3 is 5.97 Å². The second kappa shape index (κ2) is 3.21. The third-order valence-corrected chi connectivity index (χ3v) is 4.38. The van der Waals surface area contributed by atoms with Crippen molar-refractivity contribution >= 4 is 5.97 Å². The molecule has 0 aromatic carbocycles. The van der Waals surface area contributed by atoms with E-state index in [2.05, 4.69) is 13.8 Å². The first-order valence-electron chi connectivity index (χ1n) is 5.77. The maximum Gasteiger partial charge on any atom is 0.310 e. The van der Waals surface area contributed by atoms with Gasteiger partial charge < -0.3 is 10.2 Å². The average Bonchev–Trinajstić information content (AvgIpc) is 2.39. The van der Waals surface area contributed by atoms with Gasteiger partial charge in [-0.2, -0.15) is 0 Å². The van der Waals surface area contributed by atoms with E-state index in [1.807, 2.05) is 0 Å². The molecule has 15 heavy (non-hydrogen) atoms. The number of carboxylic acids is 1. The first kappa shape index (κ1) is 10.9. The Morgan fingerprint density at radius 3 is 2.20 bits per heavy atom. The molecule has 3 heteroatoms. The number of carboxylic acid groups (broad SMARTS) is 1. The molecular formula is C12H20O3. The van der Waals surface area contributed by atoms with E-state index < -0.39 is 11.4 Å². The van der Waals surface area contributed by atoms with Crippen molar-refractivity contribution in [1.29, 1.82) is 0 Å². The molecule has 0 spiro atoms. The number of carbonyl (C=O) groups is 1. The van der Waals surface area contributed by atoms with E-state index in [1.54, 1.807) is 0 Å². The van der Waals surface area contributed by atoms with Crippen molar-refractivity contribution < 1.29 is 15.0 Å². The summed E-state index contributed by atoms with van der Waals surface area (Å²) in [6, 6.07) is 0. The molecule has 0 heterocycles. The molecule has 3 nitrogen and oxygen atoms in total. The van der Waals surface area contributed by atoms with Gasteiger partial charge in [-0.25, -0.2) is 0 Å². The molecule has 2 N–H and O–H groups in total. The van der Waals surface area contributed by atoms with E-state index in [0.717, 1.165) is 19.3 Å². The molecule has 2 aliphatic carbocycles. The monoisotopic (exact) mass is 212 g/mol. The number of hydrogen-bond donors (Lipinski definition) is 2. The minimum Gasteiger partial charge on any atom is -0.481 e. The number of hydrogen-bond acceptors (Lipinski definition) is 2. The zero-order valence-corrected chi connectivity index (χ0v) is 9.49. The highest BCUT2D eigenvalue weighted by Crippen LogP contribution is 2.57. The third kappa shape index (κ3) is 1.67. The standard InChI is InChI=1S/C12H20O3/c1-11(2)4-3-8(5-11)12(10(14)15)6-9(13)7-12/h8-9,13H,3-7H2,1-2H3,(H,14,15). The topological polar surface area (TPSA) is 57.5 Å². The summed E-state index contributed by atoms with van der Waals surface area (Å²) in [5.41, 5.74) is -0.319. The smallest absolute Gasteiger partial charge is 0.310 e. The molecule has 0 bridgehead atoms. The van der Waals surface area contributed by atoms with Crippen molar-refractivity contribution in [2.24, 2.45) is 16.7 Å². The van der Waals surface area contributed by atoms with Crippen LogP contribution in [0.4, 0.5) is 0 Å². The molecular weight excluding hydrogens is 192 g/mol. The van der Waals surface area contributed by atoms with Crippen LogP contribution in [0.2, 0.25) is 0 Å². The zero-order chi connectivity index (χ0) is 11.3. The van der Waals surface area contributed by atoms with Gasteiger partial charge in [0.05, 0.1) is 11.5 Å². The first-order chi connectivity index (χ1) is 6.86. The van der Waals surface area contributed by atoms with Gasteiger partial charge in [-0.15, -0.1) is 0 Å². The predicted molar refractivity (Wildman–Crippen MR) is 56.4 cm³/mol. The van der Waals surface area contributed by atoms with Crippen LogP contribution in [0.1, 0.15) is 46.0 Å². The second-order valence-corrected chi connectivity index (χ2v) is 6.13. The minimum absolute atomic E-state index is 0.272. The summed E-state index contributed by atoms with van der Waals surface area (Å²) >= 11 is 0. The lowest BCUT2D eigenvalue weighted by Crippen LogP contribution is -2.51. The summed E-state index contributed by atoms with van der Waals surface area (Å²) in [6.07, 6.45) is 3.65. The molecule has 2 aliphatic rings. The Labute approximate surface area is 90.5 Å². The Bertz CT molecular complexity index is 277. The van der Waals surface area contributed by atoms with E-state index in [4.69, 9.17) is 0 Å². The van der Waals surface area contributed by atoms with Crippen LogP contribution in [0.3, 0.4) is 0 Å². The molecule has 1 atom stereocenters. The van der Waals surface area contributed by atoms with Crippen molar-refractivity contribution in [3.05, 3.63) is 0 Å². The Morgan fingerprint density at radius 2 is 1.87 bits per heavy atom. The fourth-order valence-corrected chi connectivity index (χ4v) is 3.37. The quantitative estimate of drug-likeness (QED) is 0.736. The second-order valence-electron chi connectivity index (χ2n) is 6.13. The maximum atomic E-state index is 11.3. The van der Waals surface area contributed by atoms with Gasteiger partial charge in [0.2, 0.25) is 0 Å². The van der Waals surface area contributed by atoms with Gasteiger partial charge in [0.25, 0.3) is 0 Å². The van der Waals surface area contributed by atoms with E-state index in [-0.39, 0.29) is 17.4 Å². The van der Waals surface area contributed by atoms with Crippen LogP contribution < -0.4 is 0 Å². The Hall–Kier alpha value is -0.570. The lowest BCUT2D eigenvalue weighted by atomic mass is 9.58. The largest absolute Gasteiger partial charge is 0.481 e. The van der Waals surface area contributed by atoms with E-state index >= 15 is 0 Å². The Balaban J connectivity index is 2.12. The van der Waals surface area contributed by atoms with Crippen molar-refractivity contribution in [3.63, 3.8) is 0 Å². The summed E-state index contributed by atoms with van der Waals surface area (Å²) in [7, 11) is 0. The molecule has 0 radical (unpaired) electrons. The maximum absolute atomic E-state index is 11.3. The summed E-state index contributed by atoms with van der Waals surface area (Å²) in [4.78, 5) is 11.3. The van der Waals surface area contributed by atoms with Crippen LogP contribution in [-0.4, -0.2) is 22.3 Å². The highest BCUT2D eigenvalue weighted by molar-refractivity contribution is 5.76. The van der Waals surface area contributed by atoms with E-state index in [0.29, 0.717) is 12.8 Å². The van der Waals surface area contributed by atoms with Crippen LogP contribution in [0.5, 0.6) is 0 Å². The molecule has 2 saturated carbocycles. The van der Waals surface area contributed by atoms with Crippen LogP contribution in [0.15, 0.2) is 0 Å². The summed E-state index contributed by atoms with van der Waals surface area (Å²) < 4.78 is 0. The van der Waals surface area contributed by atoms with Crippen LogP contribution in [-0.2, 0) is 4.79 Å². The van der Waals surface area contributed by atoms with Crippen molar-refractivity contribution in [2.45, 2.75) is 52.1 Å². The summed E-state index contributed by atoms with van der Waals surface area (Å²) in [5.74, 6) is -0.427. The molecule has 0 saturated heterocycles. The van der Waals surface area contributed by atoms with Crippen molar-refractivity contribution in [3.8, 4) is 0 Å². The number of aliphatic hydroxyl groups excluding tert-OH is 1. The van der Waals surface area contributed by atoms with Gasteiger partial charge in [-0.1, -0.05) is 13.8 Å². The molecule has 86 valence electrons. The van der Waals surface area contributed by atoms with Crippen molar-refractivity contribution in [2.75, 3.05) is 0 Å². The lowest BCUT2D eigenvalue weighted by molar-refractivity contribution is -0.171. The molecule has 2 rings (SSSR count). The molecule has 1 unspecified atom stereocenters. The first-order valence-corrected chi connectivity index (χ1v) is 5.77. The SMILES string of the molecule is CC1(C)CCC(C2(C(=O)O)CC(O)C2)C1. The molecule has 0 aliphatic heterocycles. The number of rotatable bonds is 2. The minimum atomic E-state index is -0.699. The summed E-state index contributed by atoms with van der Waals surface area (Å²) in [6.45, 7) is 4.41. The van der Waals surface area contributed by atoms with Gasteiger partial charge in [0.1, 0.15) is 0 Å². The van der Waals surface area contributed by atoms with Gasteiger partial charge in [0.15, 0.2) is 0 Å². The van der Waals surface area contributed by atoms with Crippen LogP contribution >= 0.6 is 0 Å². The zero-order valence-electron chi connectivity index (χ0n) is 9.49. The molecule has 0 aromatic rings. The fraction of sp³-hybridized carbons (Fsp3) is 0.917. The van der Waals surface area contributed by atoms with Crippen LogP contribution in [0.25, 0.3) is 0 Å². The summed E-state index contributed by atoms with van der Waals surface area (Å²) in [5, 5.41) is 18.7. The Kier molecular flexibility index (Phi) is 2.34. The van der Waals surface area contributed by atoms with E-state index in [9.17, 15) is 15.0 Å². The number of aliphatic hydroxyl groups is 1. The predicted octanol–water partition coefficient (Wildman–Crippen LogP) is 2.04. The van der Waals surface area contributed by atoms with E-state index in [1.165, 1.54) is 0 Å². The number of aliphatic carboxylic acids is 1. The molecule has 0 aromatic heterocycles. The van der Waals surface area contributed by atoms with Crippen molar-refractivity contribution in [1.82, 2.24) is 0 Å². The highest BCUT2D eigenvalue weighted by atomic mass is 16.4. The average molecular weight is 212 g/mol. The normalized spacial score (nSPS) is 43.7. The van der Waals surface area contributed by atoms with Gasteiger partial charge in [-0.05, 0) is 43.4 Å². The van der Waals surface area contributed by atoms with Gasteiger partial charge in [-0.3, -0.25) is 4.79 Å². The third-order valence-electron chi connectivity index (χ3n) is 4.38. The molecule has 0 amide bonds. The van der Waals surface area contributed by atoms with Crippen LogP contribution in [0, 0.1) is 16.7 Å². The lowest BCUT2D eigenvalue weighted by Gasteiger charge is -2.46. The fourth-order valence-electron chi connectivity index (χ4n) is 3.37.